The molecule has 1 unspecified atom stereocenters. The molecule has 2 N–H and O–H groups in total. The van der Waals surface area contributed by atoms with Crippen LogP contribution >= 0.6 is 0 Å². The zero-order chi connectivity index (χ0) is 21.4. The van der Waals surface area contributed by atoms with Crippen molar-refractivity contribution in [3.63, 3.8) is 0 Å². The van der Waals surface area contributed by atoms with Crippen molar-refractivity contribution in [1.82, 2.24) is 20.1 Å². The largest absolute Gasteiger partial charge is 0.481 e. The molecule has 158 valence electrons. The zero-order valence-corrected chi connectivity index (χ0v) is 17.7. The lowest BCUT2D eigenvalue weighted by molar-refractivity contribution is -0.138. The number of hydrogen-bond acceptors (Lipinski definition) is 4. The first-order valence-corrected chi connectivity index (χ1v) is 10.1. The summed E-state index contributed by atoms with van der Waals surface area (Å²) in [6, 6.07) is 6.95. The average molecular weight is 402 g/mol. The van der Waals surface area contributed by atoms with E-state index in [2.05, 4.69) is 22.3 Å². The summed E-state index contributed by atoms with van der Waals surface area (Å²) in [7, 11) is 3.41. The van der Waals surface area contributed by atoms with E-state index >= 15 is 0 Å². The molecule has 0 saturated heterocycles. The summed E-state index contributed by atoms with van der Waals surface area (Å²) < 4.78 is 1.61. The first kappa shape index (κ1) is 22.4. The topological polar surface area (TPSA) is 100 Å². The predicted octanol–water partition coefficient (Wildman–Crippen LogP) is 3.79. The third-order valence-electron chi connectivity index (χ3n) is 4.95. The number of carbonyl (C=O) groups is 2. The van der Waals surface area contributed by atoms with Gasteiger partial charge in [0.2, 0.25) is 0 Å². The molecular weight excluding hydrogens is 370 g/mol. The Bertz CT molecular complexity index is 816. The molecular formula is C21H31N5O3. The third kappa shape index (κ3) is 6.04. The number of benzene rings is 1. The minimum Gasteiger partial charge on any atom is -0.481 e. The maximum Gasteiger partial charge on any atom is 0.324 e. The molecule has 0 radical (unpaired) electrons. The second-order valence-electron chi connectivity index (χ2n) is 7.25. The van der Waals surface area contributed by atoms with Crippen LogP contribution in [0.4, 0.5) is 10.7 Å². The summed E-state index contributed by atoms with van der Waals surface area (Å²) >= 11 is 0. The smallest absolute Gasteiger partial charge is 0.324 e. The van der Waals surface area contributed by atoms with E-state index in [1.165, 1.54) is 24.2 Å². The summed E-state index contributed by atoms with van der Waals surface area (Å²) in [6.45, 7) is 4.46. The average Bonchev–Trinajstić information content (AvgIpc) is 3.10. The van der Waals surface area contributed by atoms with Gasteiger partial charge < -0.3 is 10.4 Å². The fraction of sp³-hybridized carbons (Fsp3) is 0.524. The molecule has 2 rings (SSSR count). The van der Waals surface area contributed by atoms with Gasteiger partial charge in [-0.15, -0.1) is 5.10 Å². The van der Waals surface area contributed by atoms with Crippen LogP contribution in [0.3, 0.4) is 0 Å². The molecule has 1 aromatic carbocycles. The maximum atomic E-state index is 12.3. The van der Waals surface area contributed by atoms with Gasteiger partial charge in [-0.25, -0.2) is 9.48 Å². The summed E-state index contributed by atoms with van der Waals surface area (Å²) in [4.78, 5) is 29.3. The number of urea groups is 1. The fourth-order valence-corrected chi connectivity index (χ4v) is 2.96. The molecule has 0 aliphatic rings. The Labute approximate surface area is 171 Å². The Balaban J connectivity index is 2.00. The van der Waals surface area contributed by atoms with Gasteiger partial charge >= 0.3 is 12.0 Å². The highest BCUT2D eigenvalue weighted by Crippen LogP contribution is 2.23. The Kier molecular flexibility index (Phi) is 8.18. The molecule has 0 aliphatic carbocycles. The van der Waals surface area contributed by atoms with E-state index in [1.54, 1.807) is 37.8 Å². The van der Waals surface area contributed by atoms with Crippen LogP contribution in [0.15, 0.2) is 24.3 Å². The lowest BCUT2D eigenvalue weighted by Crippen LogP contribution is -2.38. The number of nitrogens with one attached hydrogen (secondary N) is 1. The van der Waals surface area contributed by atoms with Crippen molar-refractivity contribution in [2.24, 2.45) is 7.05 Å². The fourth-order valence-electron chi connectivity index (χ4n) is 2.96. The highest BCUT2D eigenvalue weighted by molar-refractivity contribution is 5.89. The van der Waals surface area contributed by atoms with E-state index in [0.29, 0.717) is 18.3 Å². The molecule has 8 nitrogen and oxygen atoms in total. The molecule has 0 fully saturated rings. The lowest BCUT2D eigenvalue weighted by atomic mass is 10.00. The molecule has 2 aromatic rings. The molecule has 2 amide bonds. The number of nitrogens with zero attached hydrogens (tertiary/aromatic N) is 4. The first-order valence-electron chi connectivity index (χ1n) is 10.1. The van der Waals surface area contributed by atoms with E-state index in [9.17, 15) is 9.59 Å². The van der Waals surface area contributed by atoms with E-state index in [-0.39, 0.29) is 6.03 Å². The molecule has 0 bridgehead atoms. The third-order valence-corrected chi connectivity index (χ3v) is 4.95. The van der Waals surface area contributed by atoms with Crippen molar-refractivity contribution >= 4 is 17.9 Å². The van der Waals surface area contributed by atoms with Crippen molar-refractivity contribution in [3.8, 4) is 11.4 Å². The van der Waals surface area contributed by atoms with E-state index in [4.69, 9.17) is 5.11 Å². The van der Waals surface area contributed by atoms with Gasteiger partial charge in [0, 0.05) is 26.2 Å². The molecule has 8 heteroatoms. The van der Waals surface area contributed by atoms with Crippen LogP contribution in [-0.4, -0.2) is 45.5 Å². The van der Waals surface area contributed by atoms with E-state index in [0.717, 1.165) is 24.0 Å². The van der Waals surface area contributed by atoms with Gasteiger partial charge in [0.25, 0.3) is 5.95 Å². The number of carboxylic acids is 1. The van der Waals surface area contributed by atoms with Crippen molar-refractivity contribution < 1.29 is 14.7 Å². The number of hydrogen-bond donors (Lipinski definition) is 2. The van der Waals surface area contributed by atoms with E-state index < -0.39 is 11.9 Å². The van der Waals surface area contributed by atoms with Crippen LogP contribution in [0, 0.1) is 0 Å². The zero-order valence-electron chi connectivity index (χ0n) is 17.7. The van der Waals surface area contributed by atoms with Crippen LogP contribution in [0.5, 0.6) is 0 Å². The molecule has 1 aromatic heterocycles. The summed E-state index contributed by atoms with van der Waals surface area (Å²) in [5.41, 5.74) is 1.52. The number of carboxylic acid groups (broad SMARTS) is 1. The molecule has 29 heavy (non-hydrogen) atoms. The second kappa shape index (κ2) is 10.6. The van der Waals surface area contributed by atoms with Crippen LogP contribution < -0.4 is 10.2 Å². The molecule has 0 spiro atoms. The second-order valence-corrected chi connectivity index (χ2v) is 7.25. The SMILES string of the molecule is CCCCCCCNC(=O)N(C)c1nc(-c2ccc(C(C)C(=O)O)cc2)n(C)n1. The van der Waals surface area contributed by atoms with Crippen molar-refractivity contribution in [1.29, 1.82) is 0 Å². The van der Waals surface area contributed by atoms with E-state index in [1.807, 2.05) is 12.1 Å². The van der Waals surface area contributed by atoms with Gasteiger partial charge in [0.1, 0.15) is 0 Å². The Morgan fingerprint density at radius 3 is 2.45 bits per heavy atom. The molecule has 1 atom stereocenters. The Hall–Kier alpha value is -2.90. The maximum absolute atomic E-state index is 12.3. The van der Waals surface area contributed by atoms with Gasteiger partial charge in [0.05, 0.1) is 5.92 Å². The standard InChI is InChI=1S/C21H31N5O3/c1-5-6-7-8-9-14-22-21(29)25(3)20-23-18(26(4)24-20)17-12-10-16(11-13-17)15(2)19(27)28/h10-13,15H,5-9,14H2,1-4H3,(H,22,29)(H,27,28). The molecule has 0 aliphatic heterocycles. The highest BCUT2D eigenvalue weighted by atomic mass is 16.4. The first-order chi connectivity index (χ1) is 13.8. The number of aliphatic carboxylic acids is 1. The van der Waals surface area contributed by atoms with Gasteiger partial charge in [-0.05, 0) is 18.9 Å². The normalized spacial score (nSPS) is 11.9. The monoisotopic (exact) mass is 401 g/mol. The Morgan fingerprint density at radius 2 is 1.83 bits per heavy atom. The van der Waals surface area contributed by atoms with Crippen molar-refractivity contribution in [2.45, 2.75) is 51.9 Å². The van der Waals surface area contributed by atoms with Crippen LogP contribution in [0.25, 0.3) is 11.4 Å². The number of unbranched alkanes of at least 4 members (excludes halogenated alkanes) is 4. The molecule has 1 heterocycles. The minimum atomic E-state index is -0.864. The number of amides is 2. The predicted molar refractivity (Wildman–Crippen MR) is 113 cm³/mol. The minimum absolute atomic E-state index is 0.233. The number of carbonyl (C=O) groups excluding carboxylic acids is 1. The quantitative estimate of drug-likeness (QED) is 0.590. The van der Waals surface area contributed by atoms with Gasteiger partial charge in [-0.3, -0.25) is 9.69 Å². The van der Waals surface area contributed by atoms with Gasteiger partial charge in [-0.1, -0.05) is 56.9 Å². The number of rotatable bonds is 10. The number of aromatic nitrogens is 3. The molecule has 0 saturated carbocycles. The van der Waals surface area contributed by atoms with Gasteiger partial charge in [-0.2, -0.15) is 4.98 Å². The summed E-state index contributed by atoms with van der Waals surface area (Å²) in [5, 5.41) is 16.4. The highest BCUT2D eigenvalue weighted by Gasteiger charge is 2.18. The summed E-state index contributed by atoms with van der Waals surface area (Å²) in [5.74, 6) is -0.518. The van der Waals surface area contributed by atoms with Crippen LogP contribution in [0.1, 0.15) is 57.4 Å². The van der Waals surface area contributed by atoms with Gasteiger partial charge in [0.15, 0.2) is 5.82 Å². The Morgan fingerprint density at radius 1 is 1.17 bits per heavy atom. The van der Waals surface area contributed by atoms with Crippen LogP contribution in [0.2, 0.25) is 0 Å². The number of anilines is 1. The van der Waals surface area contributed by atoms with Crippen molar-refractivity contribution in [3.05, 3.63) is 29.8 Å². The van der Waals surface area contributed by atoms with Crippen molar-refractivity contribution in [2.75, 3.05) is 18.5 Å². The summed E-state index contributed by atoms with van der Waals surface area (Å²) in [6.07, 6.45) is 5.69. The lowest BCUT2D eigenvalue weighted by Gasteiger charge is -2.13. The number of aryl methyl sites for hydroxylation is 1. The van der Waals surface area contributed by atoms with Crippen LogP contribution in [-0.2, 0) is 11.8 Å².